The van der Waals surface area contributed by atoms with E-state index in [9.17, 15) is 21.6 Å². The summed E-state index contributed by atoms with van der Waals surface area (Å²) in [4.78, 5) is 7.94. The van der Waals surface area contributed by atoms with Crippen LogP contribution in [0, 0.1) is 0 Å². The van der Waals surface area contributed by atoms with Crippen LogP contribution in [0.15, 0.2) is 65.8 Å². The zero-order valence-electron chi connectivity index (χ0n) is 14.2. The van der Waals surface area contributed by atoms with Gasteiger partial charge in [-0.25, -0.2) is 18.2 Å². The van der Waals surface area contributed by atoms with E-state index in [4.69, 9.17) is 9.93 Å². The van der Waals surface area contributed by atoms with Crippen molar-refractivity contribution in [3.8, 4) is 16.8 Å². The standard InChI is InChI=1S/C16H12F3N3O2S.CH3NO/c17-16(18,19)13-9-12(11-5-2-1-3-6-11)10-14(25(20,23)24)15(13)22-8-4-7-21-22;2-1-3/h1-10H,(H2,20,23,24);1H,(H2,2,3). The minimum absolute atomic E-state index is 0.0906. The molecule has 0 aliphatic rings. The van der Waals surface area contributed by atoms with E-state index in [0.717, 1.165) is 16.8 Å². The molecule has 0 saturated carbocycles. The van der Waals surface area contributed by atoms with E-state index in [1.807, 2.05) is 0 Å². The maximum atomic E-state index is 13.6. The van der Waals surface area contributed by atoms with Crippen molar-refractivity contribution in [3.63, 3.8) is 0 Å². The Morgan fingerprint density at radius 3 is 2.11 bits per heavy atom. The Balaban J connectivity index is 0.000000878. The van der Waals surface area contributed by atoms with Crippen LogP contribution in [0.3, 0.4) is 0 Å². The van der Waals surface area contributed by atoms with Crippen LogP contribution in [0.25, 0.3) is 16.8 Å². The fourth-order valence-electron chi connectivity index (χ4n) is 2.48. The normalized spacial score (nSPS) is 11.4. The summed E-state index contributed by atoms with van der Waals surface area (Å²) in [6, 6.07) is 11.5. The number of hydrogen-bond donors (Lipinski definition) is 2. The van der Waals surface area contributed by atoms with E-state index < -0.39 is 32.3 Å². The maximum absolute atomic E-state index is 13.6. The van der Waals surface area contributed by atoms with E-state index in [0.29, 0.717) is 5.56 Å². The molecule has 0 aliphatic heterocycles. The number of primary amides is 1. The van der Waals surface area contributed by atoms with Gasteiger partial charge in [0.25, 0.3) is 0 Å². The highest BCUT2D eigenvalue weighted by atomic mass is 32.2. The molecular weight excluding hydrogens is 397 g/mol. The second kappa shape index (κ2) is 8.23. The van der Waals surface area contributed by atoms with Crippen molar-refractivity contribution in [3.05, 3.63) is 66.5 Å². The SMILES string of the molecule is NC=O.NS(=O)(=O)c1cc(-c2ccccc2)cc(C(F)(F)F)c1-n1cccn1. The topological polar surface area (TPSA) is 121 Å². The van der Waals surface area contributed by atoms with Crippen LogP contribution in [0.2, 0.25) is 0 Å². The molecule has 1 heterocycles. The molecule has 0 spiro atoms. The van der Waals surface area contributed by atoms with Gasteiger partial charge in [-0.1, -0.05) is 30.3 Å². The molecule has 1 amide bonds. The summed E-state index contributed by atoms with van der Waals surface area (Å²) in [6.45, 7) is 0. The molecule has 0 fully saturated rings. The number of rotatable bonds is 3. The quantitative estimate of drug-likeness (QED) is 0.641. The third-order valence-corrected chi connectivity index (χ3v) is 4.45. The Morgan fingerprint density at radius 2 is 1.64 bits per heavy atom. The van der Waals surface area contributed by atoms with Crippen molar-refractivity contribution < 1.29 is 26.4 Å². The van der Waals surface area contributed by atoms with Gasteiger partial charge in [0.15, 0.2) is 0 Å². The molecule has 1 aromatic heterocycles. The Labute approximate surface area is 158 Å². The minimum atomic E-state index is -4.80. The van der Waals surface area contributed by atoms with Gasteiger partial charge in [-0.2, -0.15) is 18.3 Å². The fraction of sp³-hybridized carbons (Fsp3) is 0.0588. The zero-order chi connectivity index (χ0) is 20.9. The molecule has 7 nitrogen and oxygen atoms in total. The average Bonchev–Trinajstić information content (AvgIpc) is 3.15. The van der Waals surface area contributed by atoms with Crippen LogP contribution in [0.5, 0.6) is 0 Å². The predicted molar refractivity (Wildman–Crippen MR) is 95.6 cm³/mol. The van der Waals surface area contributed by atoms with Crippen molar-refractivity contribution in [2.45, 2.75) is 11.1 Å². The Kier molecular flexibility index (Phi) is 6.21. The molecule has 0 aliphatic carbocycles. The summed E-state index contributed by atoms with van der Waals surface area (Å²) >= 11 is 0. The lowest BCUT2D eigenvalue weighted by Crippen LogP contribution is -2.20. The molecule has 0 atom stereocenters. The highest BCUT2D eigenvalue weighted by Crippen LogP contribution is 2.39. The Bertz CT molecular complexity index is 1050. The summed E-state index contributed by atoms with van der Waals surface area (Å²) in [5, 5.41) is 8.92. The number of halogens is 3. The molecule has 0 saturated heterocycles. The van der Waals surface area contributed by atoms with Gasteiger partial charge < -0.3 is 5.73 Å². The summed E-state index contributed by atoms with van der Waals surface area (Å²) in [5.41, 5.74) is 2.93. The largest absolute Gasteiger partial charge is 0.418 e. The first-order valence-electron chi connectivity index (χ1n) is 7.58. The number of alkyl halides is 3. The second-order valence-electron chi connectivity index (χ2n) is 5.37. The molecule has 0 radical (unpaired) electrons. The lowest BCUT2D eigenvalue weighted by atomic mass is 10.0. The number of hydrogen-bond acceptors (Lipinski definition) is 4. The number of carbonyl (C=O) groups is 1. The molecule has 4 N–H and O–H groups in total. The Hall–Kier alpha value is -3.18. The molecule has 0 bridgehead atoms. The predicted octanol–water partition coefficient (Wildman–Crippen LogP) is 2.31. The van der Waals surface area contributed by atoms with Gasteiger partial charge in [0, 0.05) is 12.4 Å². The van der Waals surface area contributed by atoms with Gasteiger partial charge in [-0.05, 0) is 29.3 Å². The van der Waals surface area contributed by atoms with Crippen LogP contribution in [0.4, 0.5) is 13.2 Å². The van der Waals surface area contributed by atoms with Crippen LogP contribution in [-0.4, -0.2) is 24.6 Å². The third-order valence-electron chi connectivity index (χ3n) is 3.53. The van der Waals surface area contributed by atoms with Gasteiger partial charge in [0.2, 0.25) is 16.4 Å². The van der Waals surface area contributed by atoms with Gasteiger partial charge >= 0.3 is 6.18 Å². The van der Waals surface area contributed by atoms with E-state index >= 15 is 0 Å². The number of carbonyl (C=O) groups excluding carboxylic acids is 1. The summed E-state index contributed by atoms with van der Waals surface area (Å²) in [6.07, 6.45) is -2.08. The molecule has 0 unspecified atom stereocenters. The number of benzene rings is 2. The molecule has 148 valence electrons. The van der Waals surface area contributed by atoms with Crippen LogP contribution in [-0.2, 0) is 21.0 Å². The van der Waals surface area contributed by atoms with Crippen LogP contribution >= 0.6 is 0 Å². The lowest BCUT2D eigenvalue weighted by Gasteiger charge is -2.18. The van der Waals surface area contributed by atoms with Crippen LogP contribution in [0.1, 0.15) is 5.56 Å². The summed E-state index contributed by atoms with van der Waals surface area (Å²) in [5.74, 6) is 0. The molecule has 3 aromatic rings. The number of primary sulfonamides is 1. The number of sulfonamides is 1. The monoisotopic (exact) mass is 412 g/mol. The van der Waals surface area contributed by atoms with E-state index in [1.54, 1.807) is 30.3 Å². The molecule has 11 heteroatoms. The summed E-state index contributed by atoms with van der Waals surface area (Å²) in [7, 11) is -4.43. The second-order valence-corrected chi connectivity index (χ2v) is 6.90. The van der Waals surface area contributed by atoms with Gasteiger partial charge in [-0.3, -0.25) is 4.79 Å². The number of nitrogens with zero attached hydrogens (tertiary/aromatic N) is 2. The van der Waals surface area contributed by atoms with Crippen LogP contribution < -0.4 is 10.9 Å². The van der Waals surface area contributed by atoms with E-state index in [2.05, 4.69) is 10.8 Å². The molecular formula is C17H15F3N4O3S. The molecule has 3 rings (SSSR count). The van der Waals surface area contributed by atoms with Crippen molar-refractivity contribution in [1.82, 2.24) is 9.78 Å². The first kappa shape index (κ1) is 21.1. The van der Waals surface area contributed by atoms with E-state index in [-0.39, 0.29) is 12.0 Å². The zero-order valence-corrected chi connectivity index (χ0v) is 15.0. The molecule has 28 heavy (non-hydrogen) atoms. The first-order chi connectivity index (χ1) is 13.1. The highest BCUT2D eigenvalue weighted by molar-refractivity contribution is 7.89. The molecule has 2 aromatic carbocycles. The van der Waals surface area contributed by atoms with Crippen molar-refractivity contribution in [1.29, 1.82) is 0 Å². The van der Waals surface area contributed by atoms with Gasteiger partial charge in [0.1, 0.15) is 4.90 Å². The fourth-order valence-corrected chi connectivity index (χ4v) is 3.24. The first-order valence-corrected chi connectivity index (χ1v) is 9.13. The summed E-state index contributed by atoms with van der Waals surface area (Å²) < 4.78 is 65.7. The highest BCUT2D eigenvalue weighted by Gasteiger charge is 2.37. The number of nitrogens with two attached hydrogens (primary N) is 2. The van der Waals surface area contributed by atoms with Crippen molar-refractivity contribution >= 4 is 16.4 Å². The number of aromatic nitrogens is 2. The van der Waals surface area contributed by atoms with Gasteiger partial charge in [0.05, 0.1) is 11.3 Å². The van der Waals surface area contributed by atoms with E-state index in [1.165, 1.54) is 18.5 Å². The Morgan fingerprint density at radius 1 is 1.04 bits per heavy atom. The smallest absolute Gasteiger partial charge is 0.372 e. The van der Waals surface area contributed by atoms with Crippen molar-refractivity contribution in [2.24, 2.45) is 10.9 Å². The average molecular weight is 412 g/mol. The van der Waals surface area contributed by atoms with Crippen molar-refractivity contribution in [2.75, 3.05) is 0 Å². The minimum Gasteiger partial charge on any atom is -0.372 e. The van der Waals surface area contributed by atoms with Gasteiger partial charge in [-0.15, -0.1) is 0 Å². The number of amides is 1. The maximum Gasteiger partial charge on any atom is 0.418 e. The third kappa shape index (κ3) is 4.75. The lowest BCUT2D eigenvalue weighted by molar-refractivity contribution is -0.137.